The van der Waals surface area contributed by atoms with E-state index in [0.717, 1.165) is 25.3 Å². The minimum absolute atomic E-state index is 0.287. The first-order chi connectivity index (χ1) is 13.4. The molecule has 0 radical (unpaired) electrons. The first-order valence-corrected chi connectivity index (χ1v) is 9.08. The van der Waals surface area contributed by atoms with Crippen molar-refractivity contribution >= 4 is 17.6 Å². The van der Waals surface area contributed by atoms with Crippen LogP contribution in [0.15, 0.2) is 36.8 Å². The Labute approximate surface area is 164 Å². The van der Waals surface area contributed by atoms with E-state index in [1.165, 1.54) is 6.33 Å². The van der Waals surface area contributed by atoms with Crippen molar-refractivity contribution in [2.75, 3.05) is 32.0 Å². The number of rotatable bonds is 9. The number of nitrogens with zero attached hydrogens (tertiary/aromatic N) is 2. The number of benzene rings is 1. The Bertz CT molecular complexity index is 700. The Kier molecular flexibility index (Phi) is 10.3. The number of anilines is 1. The second kappa shape index (κ2) is 12.5. The van der Waals surface area contributed by atoms with Crippen molar-refractivity contribution in [1.82, 2.24) is 14.9 Å². The second-order valence-electron chi connectivity index (χ2n) is 6.01. The van der Waals surface area contributed by atoms with E-state index in [0.29, 0.717) is 17.9 Å². The fourth-order valence-electron chi connectivity index (χ4n) is 2.23. The Hall–Kier alpha value is -2.91. The molecule has 0 fully saturated rings. The van der Waals surface area contributed by atoms with E-state index in [1.807, 2.05) is 0 Å². The number of esters is 1. The number of hydrogen-bond donors (Lipinski definition) is 4. The maximum Gasteiger partial charge on any atom is 0.338 e. The standard InChI is InChI=1S/C13H20N2O2.C6H9N3O2/c1-3-15(4-2)9-10-17-13(16)11-5-7-12(14)8-6-11;7-5(6(10)11)1-4-2-8-3-9-4/h5-8H,3-4,9-10,14H2,1-2H3;2-3,5H,1,7H2,(H,8,9)(H,10,11)/t;5-/m.0/s1. The molecule has 0 aliphatic carbocycles. The van der Waals surface area contributed by atoms with Crippen molar-refractivity contribution in [1.29, 1.82) is 0 Å². The summed E-state index contributed by atoms with van der Waals surface area (Å²) in [4.78, 5) is 30.6. The molecule has 1 aromatic heterocycles. The van der Waals surface area contributed by atoms with Crippen LogP contribution in [0.1, 0.15) is 29.9 Å². The number of imidazole rings is 1. The Morgan fingerprint density at radius 3 is 2.39 bits per heavy atom. The molecule has 9 heteroatoms. The van der Waals surface area contributed by atoms with Crippen molar-refractivity contribution in [2.45, 2.75) is 26.3 Å². The van der Waals surface area contributed by atoms with Gasteiger partial charge >= 0.3 is 11.9 Å². The van der Waals surface area contributed by atoms with Gasteiger partial charge in [0.25, 0.3) is 0 Å². The van der Waals surface area contributed by atoms with E-state index < -0.39 is 12.0 Å². The molecule has 154 valence electrons. The van der Waals surface area contributed by atoms with Crippen molar-refractivity contribution in [3.05, 3.63) is 48.0 Å². The lowest BCUT2D eigenvalue weighted by Gasteiger charge is -2.17. The van der Waals surface area contributed by atoms with Crippen molar-refractivity contribution in [2.24, 2.45) is 5.73 Å². The summed E-state index contributed by atoms with van der Waals surface area (Å²) in [6.45, 7) is 7.31. The van der Waals surface area contributed by atoms with Crippen LogP contribution < -0.4 is 11.5 Å². The van der Waals surface area contributed by atoms with Gasteiger partial charge in [0.15, 0.2) is 0 Å². The number of carbonyl (C=O) groups is 2. The van der Waals surface area contributed by atoms with Crippen LogP contribution in [-0.2, 0) is 16.0 Å². The fraction of sp³-hybridized carbons (Fsp3) is 0.421. The molecule has 0 amide bonds. The summed E-state index contributed by atoms with van der Waals surface area (Å²) in [7, 11) is 0. The van der Waals surface area contributed by atoms with Gasteiger partial charge in [-0.3, -0.25) is 4.79 Å². The first kappa shape index (κ1) is 23.1. The molecular formula is C19H29N5O4. The molecular weight excluding hydrogens is 362 g/mol. The highest BCUT2D eigenvalue weighted by molar-refractivity contribution is 5.89. The van der Waals surface area contributed by atoms with Gasteiger partial charge in [-0.05, 0) is 37.4 Å². The maximum absolute atomic E-state index is 11.6. The van der Waals surface area contributed by atoms with Crippen LogP contribution in [0, 0.1) is 0 Å². The lowest BCUT2D eigenvalue weighted by Crippen LogP contribution is -2.32. The molecule has 0 bridgehead atoms. The van der Waals surface area contributed by atoms with E-state index >= 15 is 0 Å². The predicted octanol–water partition coefficient (Wildman–Crippen LogP) is 1.13. The van der Waals surface area contributed by atoms with Crippen LogP contribution in [0.5, 0.6) is 0 Å². The van der Waals surface area contributed by atoms with E-state index in [1.54, 1.807) is 30.5 Å². The minimum atomic E-state index is -1.00. The molecule has 1 aromatic carbocycles. The number of H-pyrrole nitrogens is 1. The number of hydrogen-bond acceptors (Lipinski definition) is 7. The van der Waals surface area contributed by atoms with Gasteiger partial charge in [-0.25, -0.2) is 9.78 Å². The predicted molar refractivity (Wildman–Crippen MR) is 107 cm³/mol. The lowest BCUT2D eigenvalue weighted by molar-refractivity contribution is -0.138. The van der Waals surface area contributed by atoms with Crippen LogP contribution in [0.3, 0.4) is 0 Å². The number of nitrogen functional groups attached to an aromatic ring is 1. The summed E-state index contributed by atoms with van der Waals surface area (Å²) in [6, 6.07) is 5.89. The highest BCUT2D eigenvalue weighted by Gasteiger charge is 2.12. The maximum atomic E-state index is 11.6. The molecule has 6 N–H and O–H groups in total. The molecule has 9 nitrogen and oxygen atoms in total. The van der Waals surface area contributed by atoms with Gasteiger partial charge in [-0.1, -0.05) is 13.8 Å². The SMILES string of the molecule is CCN(CC)CCOC(=O)c1ccc(N)cc1.N[C@@H](Cc1cnc[nH]1)C(=O)O. The summed E-state index contributed by atoms with van der Waals surface area (Å²) >= 11 is 0. The summed E-state index contributed by atoms with van der Waals surface area (Å²) in [5.41, 5.74) is 12.7. The molecule has 2 rings (SSSR count). The third-order valence-corrected chi connectivity index (χ3v) is 3.99. The van der Waals surface area contributed by atoms with E-state index in [2.05, 4.69) is 28.7 Å². The highest BCUT2D eigenvalue weighted by Crippen LogP contribution is 2.06. The summed E-state index contributed by atoms with van der Waals surface area (Å²) < 4.78 is 5.18. The summed E-state index contributed by atoms with van der Waals surface area (Å²) in [6.07, 6.45) is 3.34. The number of carbonyl (C=O) groups excluding carboxylic acids is 1. The first-order valence-electron chi connectivity index (χ1n) is 9.08. The zero-order valence-corrected chi connectivity index (χ0v) is 16.3. The van der Waals surface area contributed by atoms with Gasteiger partial charge in [0.05, 0.1) is 11.9 Å². The quantitative estimate of drug-likeness (QED) is 0.367. The summed E-state index contributed by atoms with van der Waals surface area (Å²) in [5.74, 6) is -1.29. The number of nitrogens with one attached hydrogen (secondary N) is 1. The van der Waals surface area contributed by atoms with Crippen molar-refractivity contribution in [3.63, 3.8) is 0 Å². The molecule has 0 saturated heterocycles. The largest absolute Gasteiger partial charge is 0.480 e. The number of aromatic amines is 1. The van der Waals surface area contributed by atoms with Gasteiger partial charge in [-0.15, -0.1) is 0 Å². The van der Waals surface area contributed by atoms with E-state index in [4.69, 9.17) is 21.3 Å². The summed E-state index contributed by atoms with van der Waals surface area (Å²) in [5, 5.41) is 8.42. The van der Waals surface area contributed by atoms with Crippen molar-refractivity contribution in [3.8, 4) is 0 Å². The number of ether oxygens (including phenoxy) is 1. The number of likely N-dealkylation sites (N-methyl/N-ethyl adjacent to an activating group) is 1. The molecule has 28 heavy (non-hydrogen) atoms. The number of nitrogens with two attached hydrogens (primary N) is 2. The van der Waals surface area contributed by atoms with Crippen LogP contribution in [0.2, 0.25) is 0 Å². The Balaban J connectivity index is 0.000000307. The molecule has 0 aliphatic rings. The normalized spacial score (nSPS) is 11.4. The number of carboxylic acid groups (broad SMARTS) is 1. The topological polar surface area (TPSA) is 148 Å². The van der Waals surface area contributed by atoms with Gasteiger partial charge in [0.2, 0.25) is 0 Å². The molecule has 1 atom stereocenters. The van der Waals surface area contributed by atoms with Crippen LogP contribution in [0.4, 0.5) is 5.69 Å². The molecule has 0 aliphatic heterocycles. The van der Waals surface area contributed by atoms with Crippen LogP contribution in [-0.4, -0.2) is 64.2 Å². The van der Waals surface area contributed by atoms with E-state index in [9.17, 15) is 9.59 Å². The lowest BCUT2D eigenvalue weighted by atomic mass is 10.2. The smallest absolute Gasteiger partial charge is 0.338 e. The van der Waals surface area contributed by atoms with Gasteiger partial charge in [0.1, 0.15) is 12.6 Å². The Morgan fingerprint density at radius 1 is 1.25 bits per heavy atom. The molecule has 2 aromatic rings. The van der Waals surface area contributed by atoms with Gasteiger partial charge in [0, 0.05) is 30.5 Å². The minimum Gasteiger partial charge on any atom is -0.480 e. The van der Waals surface area contributed by atoms with Crippen molar-refractivity contribution < 1.29 is 19.4 Å². The van der Waals surface area contributed by atoms with Gasteiger partial charge < -0.3 is 31.2 Å². The number of aliphatic carboxylic acids is 1. The zero-order chi connectivity index (χ0) is 20.9. The monoisotopic (exact) mass is 391 g/mol. The van der Waals surface area contributed by atoms with E-state index in [-0.39, 0.29) is 12.4 Å². The Morgan fingerprint density at radius 2 is 1.89 bits per heavy atom. The molecule has 0 unspecified atom stereocenters. The number of carboxylic acids is 1. The zero-order valence-electron chi connectivity index (χ0n) is 16.3. The second-order valence-corrected chi connectivity index (χ2v) is 6.01. The fourth-order valence-corrected chi connectivity index (χ4v) is 2.23. The third-order valence-electron chi connectivity index (χ3n) is 3.99. The molecule has 0 saturated carbocycles. The van der Waals surface area contributed by atoms with Crippen LogP contribution in [0.25, 0.3) is 0 Å². The average molecular weight is 391 g/mol. The molecule has 0 spiro atoms. The average Bonchev–Trinajstić information content (AvgIpc) is 3.19. The third kappa shape index (κ3) is 8.65. The van der Waals surface area contributed by atoms with Crippen LogP contribution >= 0.6 is 0 Å². The molecule has 1 heterocycles. The van der Waals surface area contributed by atoms with Gasteiger partial charge in [-0.2, -0.15) is 0 Å². The highest BCUT2D eigenvalue weighted by atomic mass is 16.5. The number of aromatic nitrogens is 2.